The van der Waals surface area contributed by atoms with Crippen molar-refractivity contribution in [1.82, 2.24) is 10.7 Å². The molecule has 0 aromatic rings. The molecule has 0 heterocycles. The van der Waals surface area contributed by atoms with Crippen LogP contribution < -0.4 is 16.5 Å². The third-order valence-electron chi connectivity index (χ3n) is 2.14. The number of esters is 1. The SMILES string of the molecule is C=CCOC(=O)NC(C=NNC(N)=O)CCC(=O)OC(C)(C)C. The fraction of sp³-hybridized carbons (Fsp3) is 0.571. The Hall–Kier alpha value is -2.58. The quantitative estimate of drug-likeness (QED) is 0.265. The van der Waals surface area contributed by atoms with Gasteiger partial charge in [-0.3, -0.25) is 4.79 Å². The van der Waals surface area contributed by atoms with E-state index < -0.39 is 29.7 Å². The second-order valence-corrected chi connectivity index (χ2v) is 5.52. The van der Waals surface area contributed by atoms with Gasteiger partial charge in [-0.15, -0.1) is 0 Å². The van der Waals surface area contributed by atoms with E-state index in [0.29, 0.717) is 0 Å². The van der Waals surface area contributed by atoms with Crippen LogP contribution in [-0.2, 0) is 14.3 Å². The van der Waals surface area contributed by atoms with Gasteiger partial charge in [-0.05, 0) is 27.2 Å². The van der Waals surface area contributed by atoms with Crippen molar-refractivity contribution in [3.8, 4) is 0 Å². The molecule has 0 saturated heterocycles. The minimum atomic E-state index is -0.846. The van der Waals surface area contributed by atoms with Gasteiger partial charge in [-0.1, -0.05) is 12.7 Å². The molecule has 23 heavy (non-hydrogen) atoms. The van der Waals surface area contributed by atoms with Crippen molar-refractivity contribution in [3.05, 3.63) is 12.7 Å². The fourth-order valence-electron chi connectivity index (χ4n) is 1.37. The zero-order valence-corrected chi connectivity index (χ0v) is 13.6. The van der Waals surface area contributed by atoms with Gasteiger partial charge in [0.15, 0.2) is 0 Å². The lowest BCUT2D eigenvalue weighted by molar-refractivity contribution is -0.154. The lowest BCUT2D eigenvalue weighted by atomic mass is 10.1. The summed E-state index contributed by atoms with van der Waals surface area (Å²) in [7, 11) is 0. The molecule has 9 heteroatoms. The molecule has 0 bridgehead atoms. The normalized spacial score (nSPS) is 12.3. The van der Waals surface area contributed by atoms with Gasteiger partial charge >= 0.3 is 18.1 Å². The minimum Gasteiger partial charge on any atom is -0.460 e. The van der Waals surface area contributed by atoms with Crippen LogP contribution in [0.1, 0.15) is 33.6 Å². The second kappa shape index (κ2) is 10.2. The molecule has 1 atom stereocenters. The fourth-order valence-corrected chi connectivity index (χ4v) is 1.37. The molecule has 0 aliphatic heterocycles. The monoisotopic (exact) mass is 328 g/mol. The summed E-state index contributed by atoms with van der Waals surface area (Å²) in [6.07, 6.45) is 2.21. The molecule has 130 valence electrons. The Morgan fingerprint density at radius 3 is 2.52 bits per heavy atom. The number of nitrogens with two attached hydrogens (primary N) is 1. The molecule has 3 amide bonds. The van der Waals surface area contributed by atoms with E-state index in [0.717, 1.165) is 0 Å². The molecule has 9 nitrogen and oxygen atoms in total. The Morgan fingerprint density at radius 1 is 1.35 bits per heavy atom. The molecular formula is C14H24N4O5. The highest BCUT2D eigenvalue weighted by Crippen LogP contribution is 2.09. The lowest BCUT2D eigenvalue weighted by Crippen LogP contribution is -2.38. The van der Waals surface area contributed by atoms with Crippen LogP contribution in [0.25, 0.3) is 0 Å². The van der Waals surface area contributed by atoms with Crippen molar-refractivity contribution in [2.45, 2.75) is 45.3 Å². The highest BCUT2D eigenvalue weighted by Gasteiger charge is 2.18. The molecular weight excluding hydrogens is 304 g/mol. The molecule has 0 saturated carbocycles. The van der Waals surface area contributed by atoms with E-state index in [1.54, 1.807) is 20.8 Å². The standard InChI is InChI=1S/C14H24N4O5/c1-5-8-22-13(21)17-10(9-16-18-12(15)20)6-7-11(19)23-14(2,3)4/h5,9-10H,1,6-8H2,2-4H3,(H,17,21)(H3,15,18,20). The first-order valence-corrected chi connectivity index (χ1v) is 6.98. The topological polar surface area (TPSA) is 132 Å². The van der Waals surface area contributed by atoms with E-state index >= 15 is 0 Å². The number of nitrogens with one attached hydrogen (secondary N) is 2. The molecule has 4 N–H and O–H groups in total. The van der Waals surface area contributed by atoms with Gasteiger partial charge in [0.25, 0.3) is 0 Å². The summed E-state index contributed by atoms with van der Waals surface area (Å²) in [6, 6.07) is -1.49. The van der Waals surface area contributed by atoms with Gasteiger partial charge in [0.2, 0.25) is 0 Å². The Kier molecular flexibility index (Phi) is 9.05. The van der Waals surface area contributed by atoms with Crippen molar-refractivity contribution in [3.63, 3.8) is 0 Å². The maximum Gasteiger partial charge on any atom is 0.407 e. The number of rotatable bonds is 8. The Bertz CT molecular complexity index is 457. The van der Waals surface area contributed by atoms with Crippen LogP contribution in [0, 0.1) is 0 Å². The molecule has 0 fully saturated rings. The highest BCUT2D eigenvalue weighted by molar-refractivity contribution is 5.78. The van der Waals surface area contributed by atoms with E-state index in [1.807, 2.05) is 5.43 Å². The van der Waals surface area contributed by atoms with Crippen molar-refractivity contribution in [2.75, 3.05) is 6.61 Å². The van der Waals surface area contributed by atoms with Gasteiger partial charge in [0.05, 0.1) is 6.04 Å². The number of nitrogens with zero attached hydrogens (tertiary/aromatic N) is 1. The largest absolute Gasteiger partial charge is 0.460 e. The first kappa shape index (κ1) is 20.4. The third-order valence-corrected chi connectivity index (χ3v) is 2.14. The number of hydrogen-bond donors (Lipinski definition) is 3. The zero-order chi connectivity index (χ0) is 17.9. The highest BCUT2D eigenvalue weighted by atomic mass is 16.6. The minimum absolute atomic E-state index is 0.0430. The zero-order valence-electron chi connectivity index (χ0n) is 13.6. The van der Waals surface area contributed by atoms with Crippen LogP contribution in [0.4, 0.5) is 9.59 Å². The van der Waals surface area contributed by atoms with Crippen LogP contribution in [0.3, 0.4) is 0 Å². The van der Waals surface area contributed by atoms with Gasteiger partial charge in [0.1, 0.15) is 12.2 Å². The molecule has 0 aliphatic carbocycles. The average molecular weight is 328 g/mol. The number of primary amides is 1. The Balaban J connectivity index is 4.55. The molecule has 0 aromatic carbocycles. The second-order valence-electron chi connectivity index (χ2n) is 5.52. The van der Waals surface area contributed by atoms with Crippen molar-refractivity contribution in [2.24, 2.45) is 10.8 Å². The molecule has 0 rings (SSSR count). The summed E-state index contributed by atoms with van der Waals surface area (Å²) in [6.45, 7) is 8.73. The van der Waals surface area contributed by atoms with Crippen molar-refractivity contribution < 1.29 is 23.9 Å². The van der Waals surface area contributed by atoms with Crippen molar-refractivity contribution in [1.29, 1.82) is 0 Å². The molecule has 0 aliphatic rings. The molecule has 0 spiro atoms. The molecule has 1 unspecified atom stereocenters. The number of hydrogen-bond acceptors (Lipinski definition) is 6. The lowest BCUT2D eigenvalue weighted by Gasteiger charge is -2.20. The van der Waals surface area contributed by atoms with Crippen LogP contribution in [0.2, 0.25) is 0 Å². The average Bonchev–Trinajstić information content (AvgIpc) is 2.40. The number of carbonyl (C=O) groups is 3. The number of alkyl carbamates (subject to hydrolysis) is 1. The smallest absolute Gasteiger partial charge is 0.407 e. The number of carbonyl (C=O) groups excluding carboxylic acids is 3. The van der Waals surface area contributed by atoms with Crippen LogP contribution >= 0.6 is 0 Å². The molecule has 0 aromatic heterocycles. The van der Waals surface area contributed by atoms with E-state index in [9.17, 15) is 14.4 Å². The number of urea groups is 1. The number of ether oxygens (including phenoxy) is 2. The first-order chi connectivity index (χ1) is 10.6. The third kappa shape index (κ3) is 12.8. The molecule has 0 radical (unpaired) electrons. The van der Waals surface area contributed by atoms with Gasteiger partial charge in [-0.2, -0.15) is 5.10 Å². The van der Waals surface area contributed by atoms with Crippen LogP contribution in [0.5, 0.6) is 0 Å². The van der Waals surface area contributed by atoms with Gasteiger partial charge in [0, 0.05) is 12.6 Å². The summed E-state index contributed by atoms with van der Waals surface area (Å²) < 4.78 is 9.95. The Labute approximate surface area is 135 Å². The van der Waals surface area contributed by atoms with Crippen LogP contribution in [0.15, 0.2) is 17.8 Å². The maximum atomic E-state index is 11.7. The summed E-state index contributed by atoms with van der Waals surface area (Å²) >= 11 is 0. The Morgan fingerprint density at radius 2 is 2.00 bits per heavy atom. The van der Waals surface area contributed by atoms with Gasteiger partial charge in [-0.25, -0.2) is 15.0 Å². The first-order valence-electron chi connectivity index (χ1n) is 6.98. The maximum absolute atomic E-state index is 11.7. The van der Waals surface area contributed by atoms with Gasteiger partial charge < -0.3 is 20.5 Å². The number of hydrazone groups is 1. The van der Waals surface area contributed by atoms with E-state index in [-0.39, 0.29) is 19.4 Å². The van der Waals surface area contributed by atoms with E-state index in [4.69, 9.17) is 15.2 Å². The number of amides is 3. The predicted octanol–water partition coefficient (Wildman–Crippen LogP) is 1.04. The summed E-state index contributed by atoms with van der Waals surface area (Å²) in [5.74, 6) is -0.417. The summed E-state index contributed by atoms with van der Waals surface area (Å²) in [4.78, 5) is 33.8. The van der Waals surface area contributed by atoms with E-state index in [1.165, 1.54) is 12.3 Å². The summed E-state index contributed by atoms with van der Waals surface area (Å²) in [5, 5.41) is 6.05. The van der Waals surface area contributed by atoms with Crippen LogP contribution in [-0.4, -0.2) is 42.6 Å². The van der Waals surface area contributed by atoms with E-state index in [2.05, 4.69) is 17.0 Å². The van der Waals surface area contributed by atoms with Crippen molar-refractivity contribution >= 4 is 24.3 Å². The summed E-state index contributed by atoms with van der Waals surface area (Å²) in [5.41, 5.74) is 6.29. The predicted molar refractivity (Wildman–Crippen MR) is 84.8 cm³/mol.